The minimum absolute atomic E-state index is 0.209. The van der Waals surface area contributed by atoms with Gasteiger partial charge in [0.05, 0.1) is 18.0 Å². The maximum Gasteiger partial charge on any atom is 0.330 e. The van der Waals surface area contributed by atoms with E-state index in [9.17, 15) is 17.6 Å². The van der Waals surface area contributed by atoms with E-state index in [0.29, 0.717) is 18.3 Å². The minimum Gasteiger partial charge on any atom is -0.369 e. The summed E-state index contributed by atoms with van der Waals surface area (Å²) < 4.78 is 53.8. The van der Waals surface area contributed by atoms with Crippen molar-refractivity contribution < 1.29 is 22.3 Å². The van der Waals surface area contributed by atoms with Crippen LogP contribution in [0.4, 0.5) is 17.6 Å². The molecule has 1 aromatic heterocycles. The summed E-state index contributed by atoms with van der Waals surface area (Å²) in [5.74, 6) is -4.12. The zero-order valence-electron chi connectivity index (χ0n) is 10.8. The van der Waals surface area contributed by atoms with E-state index < -0.39 is 19.0 Å². The maximum atomic E-state index is 12.6. The van der Waals surface area contributed by atoms with E-state index in [4.69, 9.17) is 0 Å². The molecular weight excluding hydrogens is 276 g/mol. The zero-order valence-corrected chi connectivity index (χ0v) is 10.8. The van der Waals surface area contributed by atoms with Gasteiger partial charge in [0.1, 0.15) is 6.61 Å². The van der Waals surface area contributed by atoms with Gasteiger partial charge >= 0.3 is 12.3 Å². The predicted molar refractivity (Wildman–Crippen MR) is 64.7 cm³/mol. The molecule has 2 rings (SSSR count). The summed E-state index contributed by atoms with van der Waals surface area (Å²) >= 11 is 0. The number of hydrogen-bond acceptors (Lipinski definition) is 3. The van der Waals surface area contributed by atoms with E-state index in [-0.39, 0.29) is 6.61 Å². The molecule has 0 radical (unpaired) electrons. The molecule has 0 aliphatic heterocycles. The third-order valence-electron chi connectivity index (χ3n) is 2.88. The van der Waals surface area contributed by atoms with Crippen LogP contribution < -0.4 is 5.32 Å². The summed E-state index contributed by atoms with van der Waals surface area (Å²) in [5, 5.41) is 3.27. The van der Waals surface area contributed by atoms with Gasteiger partial charge in [-0.15, -0.1) is 0 Å². The first-order chi connectivity index (χ1) is 9.47. The van der Waals surface area contributed by atoms with Gasteiger partial charge in [0.25, 0.3) is 0 Å². The van der Waals surface area contributed by atoms with E-state index in [1.165, 1.54) is 0 Å². The summed E-state index contributed by atoms with van der Waals surface area (Å²) in [6.07, 6.45) is -1.40. The van der Waals surface area contributed by atoms with Crippen LogP contribution in [-0.4, -0.2) is 30.0 Å². The molecule has 3 nitrogen and oxygen atoms in total. The van der Waals surface area contributed by atoms with Crippen molar-refractivity contribution in [1.29, 1.82) is 0 Å². The van der Waals surface area contributed by atoms with E-state index in [0.717, 1.165) is 18.5 Å². The highest BCUT2D eigenvalue weighted by molar-refractivity contribution is 5.11. The Balaban J connectivity index is 1.78. The van der Waals surface area contributed by atoms with Crippen LogP contribution in [0.25, 0.3) is 0 Å². The van der Waals surface area contributed by atoms with Gasteiger partial charge in [0.15, 0.2) is 0 Å². The minimum atomic E-state index is -4.12. The lowest BCUT2D eigenvalue weighted by atomic mass is 10.3. The highest BCUT2D eigenvalue weighted by Gasteiger charge is 2.40. The Morgan fingerprint density at radius 1 is 1.30 bits per heavy atom. The summed E-state index contributed by atoms with van der Waals surface area (Å²) in [5.41, 5.74) is 1.23. The second-order valence-corrected chi connectivity index (χ2v) is 4.83. The standard InChI is InChI=1S/C13H16F4N2O/c14-12(15)13(16,17)8-20-7-11-3-1-2-10(19-11)6-18-9-4-5-9/h1-3,9,12,18H,4-8H2. The number of alkyl halides is 4. The van der Waals surface area contributed by atoms with Gasteiger partial charge in [-0.2, -0.15) is 8.78 Å². The van der Waals surface area contributed by atoms with Crippen molar-refractivity contribution in [3.8, 4) is 0 Å². The molecule has 0 atom stereocenters. The summed E-state index contributed by atoms with van der Waals surface area (Å²) in [6.45, 7) is -0.915. The first-order valence-electron chi connectivity index (χ1n) is 6.39. The molecule has 1 aliphatic rings. The smallest absolute Gasteiger partial charge is 0.330 e. The second-order valence-electron chi connectivity index (χ2n) is 4.83. The van der Waals surface area contributed by atoms with Crippen molar-refractivity contribution in [3.63, 3.8) is 0 Å². The van der Waals surface area contributed by atoms with Crippen molar-refractivity contribution >= 4 is 0 Å². The third-order valence-corrected chi connectivity index (χ3v) is 2.88. The first kappa shape index (κ1) is 15.2. The van der Waals surface area contributed by atoms with Crippen LogP contribution >= 0.6 is 0 Å². The van der Waals surface area contributed by atoms with Gasteiger partial charge in [-0.3, -0.25) is 4.98 Å². The van der Waals surface area contributed by atoms with Crippen molar-refractivity contribution in [2.24, 2.45) is 0 Å². The average Bonchev–Trinajstić information content (AvgIpc) is 3.20. The van der Waals surface area contributed by atoms with Gasteiger partial charge in [-0.05, 0) is 25.0 Å². The molecule has 112 valence electrons. The van der Waals surface area contributed by atoms with Crippen LogP contribution in [0.15, 0.2) is 18.2 Å². The van der Waals surface area contributed by atoms with Crippen LogP contribution in [0.2, 0.25) is 0 Å². The number of nitrogens with zero attached hydrogens (tertiary/aromatic N) is 1. The summed E-state index contributed by atoms with van der Waals surface area (Å²) in [6, 6.07) is 5.70. The molecule has 1 saturated carbocycles. The molecule has 0 unspecified atom stereocenters. The van der Waals surface area contributed by atoms with Crippen LogP contribution in [-0.2, 0) is 17.9 Å². The molecule has 7 heteroatoms. The van der Waals surface area contributed by atoms with Gasteiger partial charge < -0.3 is 10.1 Å². The fourth-order valence-corrected chi connectivity index (χ4v) is 1.60. The first-order valence-corrected chi connectivity index (χ1v) is 6.39. The Hall–Kier alpha value is -1.21. The Labute approximate surface area is 114 Å². The molecule has 0 spiro atoms. The number of halogens is 4. The van der Waals surface area contributed by atoms with E-state index in [2.05, 4.69) is 15.0 Å². The van der Waals surface area contributed by atoms with Crippen molar-refractivity contribution in [2.45, 2.75) is 44.4 Å². The van der Waals surface area contributed by atoms with Gasteiger partial charge in [0, 0.05) is 12.6 Å². The Morgan fingerprint density at radius 2 is 2.00 bits per heavy atom. The van der Waals surface area contributed by atoms with Crippen molar-refractivity contribution in [2.75, 3.05) is 6.61 Å². The van der Waals surface area contributed by atoms with E-state index >= 15 is 0 Å². The number of nitrogens with one attached hydrogen (secondary N) is 1. The second kappa shape index (κ2) is 6.49. The fourth-order valence-electron chi connectivity index (χ4n) is 1.60. The molecule has 1 aromatic rings. The maximum absolute atomic E-state index is 12.6. The molecule has 1 aliphatic carbocycles. The lowest BCUT2D eigenvalue weighted by Gasteiger charge is -2.15. The van der Waals surface area contributed by atoms with Crippen molar-refractivity contribution in [1.82, 2.24) is 10.3 Å². The predicted octanol–water partition coefficient (Wildman–Crippen LogP) is 2.75. The van der Waals surface area contributed by atoms with Crippen molar-refractivity contribution in [3.05, 3.63) is 29.6 Å². The highest BCUT2D eigenvalue weighted by atomic mass is 19.3. The van der Waals surface area contributed by atoms with Crippen LogP contribution in [0.5, 0.6) is 0 Å². The quantitative estimate of drug-likeness (QED) is 0.748. The molecular formula is C13H16F4N2O. The van der Waals surface area contributed by atoms with Crippen LogP contribution in [0.3, 0.4) is 0 Å². The van der Waals surface area contributed by atoms with Crippen LogP contribution in [0.1, 0.15) is 24.2 Å². The van der Waals surface area contributed by atoms with E-state index in [1.807, 2.05) is 6.07 Å². The molecule has 0 aromatic carbocycles. The van der Waals surface area contributed by atoms with Gasteiger partial charge in [-0.25, -0.2) is 8.78 Å². The highest BCUT2D eigenvalue weighted by Crippen LogP contribution is 2.23. The Bertz CT molecular complexity index is 438. The van der Waals surface area contributed by atoms with Gasteiger partial charge in [0.2, 0.25) is 0 Å². The summed E-state index contributed by atoms with van der Waals surface area (Å²) in [7, 11) is 0. The lowest BCUT2D eigenvalue weighted by molar-refractivity contribution is -0.168. The zero-order chi connectivity index (χ0) is 14.6. The Kier molecular flexibility index (Phi) is 4.93. The number of ether oxygens (including phenoxy) is 1. The fraction of sp³-hybridized carbons (Fsp3) is 0.615. The molecule has 0 amide bonds. The third kappa shape index (κ3) is 4.72. The molecule has 0 bridgehead atoms. The monoisotopic (exact) mass is 292 g/mol. The average molecular weight is 292 g/mol. The SMILES string of the molecule is FC(F)C(F)(F)COCc1cccc(CNC2CC2)n1. The molecule has 0 saturated heterocycles. The van der Waals surface area contributed by atoms with Gasteiger partial charge in [-0.1, -0.05) is 6.07 Å². The summed E-state index contributed by atoms with van der Waals surface area (Å²) in [4.78, 5) is 4.22. The lowest BCUT2D eigenvalue weighted by Crippen LogP contribution is -2.32. The number of hydrogen-bond donors (Lipinski definition) is 1. The normalized spacial score (nSPS) is 15.8. The largest absolute Gasteiger partial charge is 0.369 e. The topological polar surface area (TPSA) is 34.1 Å². The number of pyridine rings is 1. The Morgan fingerprint density at radius 3 is 2.65 bits per heavy atom. The number of aromatic nitrogens is 1. The molecule has 1 heterocycles. The van der Waals surface area contributed by atoms with Crippen LogP contribution in [0, 0.1) is 0 Å². The molecule has 1 N–H and O–H groups in total. The molecule has 1 fully saturated rings. The van der Waals surface area contributed by atoms with E-state index in [1.54, 1.807) is 12.1 Å². The number of rotatable bonds is 8. The molecule has 20 heavy (non-hydrogen) atoms.